The number of amides is 1. The minimum Gasteiger partial charge on any atom is -0.352 e. The molecule has 0 bridgehead atoms. The summed E-state index contributed by atoms with van der Waals surface area (Å²) in [5.41, 5.74) is 2.18. The maximum atomic E-state index is 12.8. The van der Waals surface area contributed by atoms with E-state index in [1.54, 1.807) is 12.1 Å². The molecular weight excluding hydrogens is 384 g/mol. The minimum absolute atomic E-state index is 0.103. The Bertz CT molecular complexity index is 913. The van der Waals surface area contributed by atoms with Crippen molar-refractivity contribution in [3.8, 4) is 0 Å². The smallest absolute Gasteiger partial charge is 0.243 e. The molecule has 1 aliphatic heterocycles. The van der Waals surface area contributed by atoms with Gasteiger partial charge in [-0.2, -0.15) is 4.31 Å². The first-order valence-corrected chi connectivity index (χ1v) is 10.8. The predicted molar refractivity (Wildman–Crippen MR) is 106 cm³/mol. The summed E-state index contributed by atoms with van der Waals surface area (Å²) in [6.45, 7) is 3.07. The first kappa shape index (κ1) is 19.9. The Hall–Kier alpha value is -1.89. The highest BCUT2D eigenvalue weighted by Crippen LogP contribution is 2.25. The van der Waals surface area contributed by atoms with Crippen molar-refractivity contribution in [2.75, 3.05) is 13.1 Å². The van der Waals surface area contributed by atoms with Crippen LogP contribution < -0.4 is 5.32 Å². The van der Waals surface area contributed by atoms with Gasteiger partial charge in [-0.05, 0) is 55.2 Å². The molecule has 3 rings (SSSR count). The third-order valence-electron chi connectivity index (χ3n) is 4.92. The quantitative estimate of drug-likeness (QED) is 0.827. The summed E-state index contributed by atoms with van der Waals surface area (Å²) < 4.78 is 27.1. The summed E-state index contributed by atoms with van der Waals surface area (Å²) in [4.78, 5) is 12.8. The summed E-state index contributed by atoms with van der Waals surface area (Å²) in [6.07, 6.45) is 1.35. The number of benzene rings is 2. The van der Waals surface area contributed by atoms with Crippen LogP contribution in [-0.4, -0.2) is 31.7 Å². The zero-order chi connectivity index (χ0) is 19.4. The number of piperidine rings is 1. The zero-order valence-electron chi connectivity index (χ0n) is 15.2. The van der Waals surface area contributed by atoms with Gasteiger partial charge in [0.15, 0.2) is 0 Å². The highest BCUT2D eigenvalue weighted by molar-refractivity contribution is 7.89. The van der Waals surface area contributed by atoms with Crippen molar-refractivity contribution in [1.29, 1.82) is 0 Å². The Morgan fingerprint density at radius 2 is 1.89 bits per heavy atom. The van der Waals surface area contributed by atoms with E-state index in [0.717, 1.165) is 11.1 Å². The molecule has 1 amide bonds. The second kappa shape index (κ2) is 8.42. The fourth-order valence-electron chi connectivity index (χ4n) is 3.27. The monoisotopic (exact) mass is 406 g/mol. The van der Waals surface area contributed by atoms with E-state index in [1.807, 2.05) is 31.2 Å². The van der Waals surface area contributed by atoms with Gasteiger partial charge in [0.1, 0.15) is 0 Å². The standard InChI is InChI=1S/C20H23ClN2O3S/c1-15-5-2-3-6-16(15)13-22-20(24)17-7-4-12-23(14-17)27(25,26)19-10-8-18(21)9-11-19/h2-3,5-6,8-11,17H,4,7,12-14H2,1H3,(H,22,24)/t17-/m1/s1. The maximum absolute atomic E-state index is 12.8. The Balaban J connectivity index is 1.65. The highest BCUT2D eigenvalue weighted by atomic mass is 35.5. The van der Waals surface area contributed by atoms with E-state index in [-0.39, 0.29) is 23.3 Å². The number of sulfonamides is 1. The van der Waals surface area contributed by atoms with Gasteiger partial charge >= 0.3 is 0 Å². The highest BCUT2D eigenvalue weighted by Gasteiger charge is 2.33. The number of carbonyl (C=O) groups excluding carboxylic acids is 1. The number of aryl methyl sites for hydroxylation is 1. The molecule has 144 valence electrons. The number of hydrogen-bond donors (Lipinski definition) is 1. The second-order valence-electron chi connectivity index (χ2n) is 6.80. The van der Waals surface area contributed by atoms with Gasteiger partial charge in [0.2, 0.25) is 15.9 Å². The lowest BCUT2D eigenvalue weighted by Gasteiger charge is -2.31. The lowest BCUT2D eigenvalue weighted by Crippen LogP contribution is -2.45. The van der Waals surface area contributed by atoms with Gasteiger partial charge in [0.05, 0.1) is 10.8 Å². The van der Waals surface area contributed by atoms with Crippen molar-refractivity contribution in [3.05, 3.63) is 64.7 Å². The zero-order valence-corrected chi connectivity index (χ0v) is 16.8. The third-order valence-corrected chi connectivity index (χ3v) is 7.05. The van der Waals surface area contributed by atoms with E-state index in [4.69, 9.17) is 11.6 Å². The van der Waals surface area contributed by atoms with Gasteiger partial charge in [0, 0.05) is 24.7 Å². The molecule has 0 aliphatic carbocycles. The van der Waals surface area contributed by atoms with E-state index < -0.39 is 10.0 Å². The van der Waals surface area contributed by atoms with Crippen molar-refractivity contribution >= 4 is 27.5 Å². The van der Waals surface area contributed by atoms with Crippen LogP contribution in [-0.2, 0) is 21.4 Å². The molecule has 1 heterocycles. The molecule has 27 heavy (non-hydrogen) atoms. The Morgan fingerprint density at radius 3 is 2.59 bits per heavy atom. The van der Waals surface area contributed by atoms with E-state index in [2.05, 4.69) is 5.32 Å². The van der Waals surface area contributed by atoms with Gasteiger partial charge in [-0.15, -0.1) is 0 Å². The predicted octanol–water partition coefficient (Wildman–Crippen LogP) is 3.37. The van der Waals surface area contributed by atoms with Crippen LogP contribution in [0.2, 0.25) is 5.02 Å². The van der Waals surface area contributed by atoms with Crippen LogP contribution in [0, 0.1) is 12.8 Å². The molecule has 1 fully saturated rings. The van der Waals surface area contributed by atoms with E-state index >= 15 is 0 Å². The first-order chi connectivity index (χ1) is 12.9. The largest absolute Gasteiger partial charge is 0.352 e. The SMILES string of the molecule is Cc1ccccc1CNC(=O)[C@@H]1CCCN(S(=O)(=O)c2ccc(Cl)cc2)C1. The molecule has 1 N–H and O–H groups in total. The number of halogens is 1. The van der Waals surface area contributed by atoms with Crippen molar-refractivity contribution in [2.45, 2.75) is 31.2 Å². The van der Waals surface area contributed by atoms with Gasteiger partial charge < -0.3 is 5.32 Å². The molecule has 7 heteroatoms. The van der Waals surface area contributed by atoms with Gasteiger partial charge in [-0.3, -0.25) is 4.79 Å². The van der Waals surface area contributed by atoms with Crippen LogP contribution in [0.15, 0.2) is 53.4 Å². The molecule has 0 unspecified atom stereocenters. The molecular formula is C20H23ClN2O3S. The Labute approximate surface area is 165 Å². The lowest BCUT2D eigenvalue weighted by molar-refractivity contribution is -0.126. The van der Waals surface area contributed by atoms with Gasteiger partial charge in [0.25, 0.3) is 0 Å². The van der Waals surface area contributed by atoms with Crippen LogP contribution in [0.5, 0.6) is 0 Å². The van der Waals surface area contributed by atoms with Gasteiger partial charge in [-0.1, -0.05) is 35.9 Å². The number of hydrogen-bond acceptors (Lipinski definition) is 3. The number of rotatable bonds is 5. The Morgan fingerprint density at radius 1 is 1.19 bits per heavy atom. The van der Waals surface area contributed by atoms with Gasteiger partial charge in [-0.25, -0.2) is 8.42 Å². The van der Waals surface area contributed by atoms with Crippen LogP contribution in [0.4, 0.5) is 0 Å². The fourth-order valence-corrected chi connectivity index (χ4v) is 4.92. The average Bonchev–Trinajstić information content (AvgIpc) is 2.67. The average molecular weight is 407 g/mol. The number of nitrogens with zero attached hydrogens (tertiary/aromatic N) is 1. The number of nitrogens with one attached hydrogen (secondary N) is 1. The molecule has 2 aromatic rings. The maximum Gasteiger partial charge on any atom is 0.243 e. The van der Waals surface area contributed by atoms with Crippen LogP contribution in [0.3, 0.4) is 0 Å². The summed E-state index contributed by atoms with van der Waals surface area (Å²) in [7, 11) is -3.62. The van der Waals surface area contributed by atoms with Crippen molar-refractivity contribution in [1.82, 2.24) is 9.62 Å². The van der Waals surface area contributed by atoms with E-state index in [0.29, 0.717) is 31.0 Å². The van der Waals surface area contributed by atoms with Crippen LogP contribution in [0.1, 0.15) is 24.0 Å². The molecule has 2 aromatic carbocycles. The summed E-state index contributed by atoms with van der Waals surface area (Å²) >= 11 is 5.85. The molecule has 0 spiro atoms. The summed E-state index contributed by atoms with van der Waals surface area (Å²) in [6, 6.07) is 14.0. The normalized spacial score (nSPS) is 18.2. The second-order valence-corrected chi connectivity index (χ2v) is 9.17. The fraction of sp³-hybridized carbons (Fsp3) is 0.350. The third kappa shape index (κ3) is 4.69. The molecule has 0 radical (unpaired) electrons. The molecule has 1 saturated heterocycles. The van der Waals surface area contributed by atoms with Crippen molar-refractivity contribution < 1.29 is 13.2 Å². The van der Waals surface area contributed by atoms with Crippen LogP contribution in [0.25, 0.3) is 0 Å². The van der Waals surface area contributed by atoms with E-state index in [1.165, 1.54) is 16.4 Å². The number of carbonyl (C=O) groups is 1. The topological polar surface area (TPSA) is 66.5 Å². The molecule has 0 saturated carbocycles. The van der Waals surface area contributed by atoms with Crippen molar-refractivity contribution in [3.63, 3.8) is 0 Å². The molecule has 0 aromatic heterocycles. The van der Waals surface area contributed by atoms with Crippen molar-refractivity contribution in [2.24, 2.45) is 5.92 Å². The molecule has 5 nitrogen and oxygen atoms in total. The Kier molecular flexibility index (Phi) is 6.19. The summed E-state index contributed by atoms with van der Waals surface area (Å²) in [5, 5.41) is 3.44. The minimum atomic E-state index is -3.62. The van der Waals surface area contributed by atoms with E-state index in [9.17, 15) is 13.2 Å². The lowest BCUT2D eigenvalue weighted by atomic mass is 9.98. The molecule has 1 atom stereocenters. The molecule has 1 aliphatic rings. The van der Waals surface area contributed by atoms with Crippen LogP contribution >= 0.6 is 11.6 Å². The first-order valence-electron chi connectivity index (χ1n) is 8.96. The summed E-state index contributed by atoms with van der Waals surface area (Å²) in [5.74, 6) is -0.445.